The normalized spacial score (nSPS) is 17.4. The fourth-order valence-electron chi connectivity index (χ4n) is 5.56. The van der Waals surface area contributed by atoms with Gasteiger partial charge in [0.15, 0.2) is 5.78 Å². The van der Waals surface area contributed by atoms with Crippen molar-refractivity contribution < 1.29 is 13.9 Å². The van der Waals surface area contributed by atoms with Crippen molar-refractivity contribution in [2.75, 3.05) is 4.90 Å². The van der Waals surface area contributed by atoms with Crippen LogP contribution >= 0.6 is 0 Å². The molecule has 0 aromatic heterocycles. The van der Waals surface area contributed by atoms with E-state index in [4.69, 9.17) is 10.5 Å². The Hall–Kier alpha value is -4.37. The number of halogens is 1. The SMILES string of the molecule is Cc1cccc(N2C(N)=C(C#N)C(c3cc(C)cc(COc4ccc(F)cc4)c3C)C3=C2CCCC3=O)c1. The second kappa shape index (κ2) is 10.2. The smallest absolute Gasteiger partial charge is 0.161 e. The molecule has 2 N–H and O–H groups in total. The Labute approximate surface area is 222 Å². The molecule has 192 valence electrons. The minimum atomic E-state index is -0.548. The number of carbonyl (C=O) groups is 1. The fraction of sp³-hybridized carbons (Fsp3) is 0.250. The second-order valence-corrected chi connectivity index (χ2v) is 10.0. The molecule has 0 fully saturated rings. The number of nitriles is 1. The van der Waals surface area contributed by atoms with Crippen LogP contribution < -0.4 is 15.4 Å². The molecular weight excluding hydrogens is 477 g/mol. The third kappa shape index (κ3) is 4.56. The van der Waals surface area contributed by atoms with Crippen molar-refractivity contribution in [3.8, 4) is 11.8 Å². The predicted octanol–water partition coefficient (Wildman–Crippen LogP) is 6.63. The van der Waals surface area contributed by atoms with Gasteiger partial charge in [0.2, 0.25) is 0 Å². The average molecular weight is 508 g/mol. The van der Waals surface area contributed by atoms with Gasteiger partial charge in [0, 0.05) is 23.4 Å². The van der Waals surface area contributed by atoms with Gasteiger partial charge in [-0.1, -0.05) is 29.8 Å². The third-order valence-corrected chi connectivity index (χ3v) is 7.39. The number of rotatable bonds is 5. The van der Waals surface area contributed by atoms with E-state index in [1.807, 2.05) is 62.1 Å². The van der Waals surface area contributed by atoms with Gasteiger partial charge in [0.1, 0.15) is 24.0 Å². The number of aryl methyl sites for hydroxylation is 2. The Bertz CT molecular complexity index is 1530. The Morgan fingerprint density at radius 3 is 2.53 bits per heavy atom. The van der Waals surface area contributed by atoms with Crippen LogP contribution in [0.15, 0.2) is 83.3 Å². The van der Waals surface area contributed by atoms with Crippen LogP contribution in [-0.4, -0.2) is 5.78 Å². The number of Topliss-reactive ketones (excluding diaryl/α,β-unsaturated/α-hetero) is 1. The Morgan fingerprint density at radius 2 is 1.82 bits per heavy atom. The number of anilines is 1. The minimum Gasteiger partial charge on any atom is -0.489 e. The molecule has 1 atom stereocenters. The van der Waals surface area contributed by atoms with Crippen LogP contribution in [-0.2, 0) is 11.4 Å². The standard InChI is InChI=1S/C32H30FN3O2/c1-19-6-4-7-24(15-19)36-28-8-5-9-29(37)31(28)30(27(17-34)32(36)35)26-16-20(2)14-22(21(26)3)18-38-25-12-10-23(33)11-13-25/h4,6-7,10-16,30H,5,8-9,18,35H2,1-3H3. The van der Waals surface area contributed by atoms with Gasteiger partial charge >= 0.3 is 0 Å². The number of ketones is 1. The summed E-state index contributed by atoms with van der Waals surface area (Å²) in [6.07, 6.45) is 1.89. The second-order valence-electron chi connectivity index (χ2n) is 10.0. The first-order chi connectivity index (χ1) is 18.3. The van der Waals surface area contributed by atoms with E-state index in [2.05, 4.69) is 6.07 Å². The molecule has 0 radical (unpaired) electrons. The highest BCUT2D eigenvalue weighted by Crippen LogP contribution is 2.47. The van der Waals surface area contributed by atoms with Crippen molar-refractivity contribution in [1.82, 2.24) is 0 Å². The van der Waals surface area contributed by atoms with Gasteiger partial charge in [0.25, 0.3) is 0 Å². The summed E-state index contributed by atoms with van der Waals surface area (Å²) in [6, 6.07) is 20.3. The zero-order chi connectivity index (χ0) is 27.0. The molecule has 38 heavy (non-hydrogen) atoms. The Morgan fingerprint density at radius 1 is 1.05 bits per heavy atom. The summed E-state index contributed by atoms with van der Waals surface area (Å²) >= 11 is 0. The zero-order valence-electron chi connectivity index (χ0n) is 21.8. The number of allylic oxidation sites excluding steroid dienone is 3. The molecule has 0 spiro atoms. The molecule has 0 bridgehead atoms. The van der Waals surface area contributed by atoms with Gasteiger partial charge < -0.3 is 10.5 Å². The molecule has 5 rings (SSSR count). The molecule has 3 aromatic rings. The molecule has 2 aliphatic rings. The summed E-state index contributed by atoms with van der Waals surface area (Å²) in [4.78, 5) is 15.4. The lowest BCUT2D eigenvalue weighted by Crippen LogP contribution is -2.39. The van der Waals surface area contributed by atoms with E-state index in [1.165, 1.54) is 12.1 Å². The largest absolute Gasteiger partial charge is 0.489 e. The summed E-state index contributed by atoms with van der Waals surface area (Å²) in [6.45, 7) is 6.26. The molecule has 3 aromatic carbocycles. The van der Waals surface area contributed by atoms with E-state index < -0.39 is 5.92 Å². The number of hydrogen-bond acceptors (Lipinski definition) is 5. The van der Waals surface area contributed by atoms with E-state index in [0.29, 0.717) is 35.6 Å². The van der Waals surface area contributed by atoms with Gasteiger partial charge in [-0.15, -0.1) is 0 Å². The number of benzene rings is 3. The van der Waals surface area contributed by atoms with Crippen molar-refractivity contribution in [3.05, 3.63) is 117 Å². The van der Waals surface area contributed by atoms with Gasteiger partial charge in [0.05, 0.1) is 17.6 Å². The van der Waals surface area contributed by atoms with E-state index >= 15 is 0 Å². The first-order valence-corrected chi connectivity index (χ1v) is 12.8. The van der Waals surface area contributed by atoms with E-state index in [1.54, 1.807) is 12.1 Å². The van der Waals surface area contributed by atoms with Crippen LogP contribution in [0.25, 0.3) is 0 Å². The molecule has 1 aliphatic carbocycles. The number of carbonyl (C=O) groups excluding carboxylic acids is 1. The summed E-state index contributed by atoms with van der Waals surface area (Å²) in [5, 5.41) is 10.4. The molecule has 0 amide bonds. The molecule has 1 unspecified atom stereocenters. The molecule has 5 nitrogen and oxygen atoms in total. The summed E-state index contributed by atoms with van der Waals surface area (Å²) in [5.41, 5.74) is 14.3. The van der Waals surface area contributed by atoms with Gasteiger partial charge in [-0.3, -0.25) is 9.69 Å². The molecular formula is C32H30FN3O2. The monoisotopic (exact) mass is 507 g/mol. The van der Waals surface area contributed by atoms with Crippen molar-refractivity contribution in [2.24, 2.45) is 5.73 Å². The van der Waals surface area contributed by atoms with Crippen LogP contribution in [0.2, 0.25) is 0 Å². The Kier molecular flexibility index (Phi) is 6.77. The van der Waals surface area contributed by atoms with Crippen LogP contribution in [0.4, 0.5) is 10.1 Å². The highest BCUT2D eigenvalue weighted by molar-refractivity contribution is 6.01. The summed E-state index contributed by atoms with van der Waals surface area (Å²) < 4.78 is 19.3. The van der Waals surface area contributed by atoms with Crippen molar-refractivity contribution >= 4 is 11.5 Å². The molecule has 1 aliphatic heterocycles. The third-order valence-electron chi connectivity index (χ3n) is 7.39. The molecule has 6 heteroatoms. The molecule has 0 saturated heterocycles. The van der Waals surface area contributed by atoms with E-state index in [9.17, 15) is 14.4 Å². The van der Waals surface area contributed by atoms with Crippen LogP contribution in [0.5, 0.6) is 5.75 Å². The summed E-state index contributed by atoms with van der Waals surface area (Å²) in [7, 11) is 0. The van der Waals surface area contributed by atoms with Gasteiger partial charge in [-0.25, -0.2) is 4.39 Å². The van der Waals surface area contributed by atoms with Crippen LogP contribution in [0.1, 0.15) is 53.0 Å². The number of nitrogens with zero attached hydrogens (tertiary/aromatic N) is 2. The van der Waals surface area contributed by atoms with Crippen molar-refractivity contribution in [1.29, 1.82) is 5.26 Å². The van der Waals surface area contributed by atoms with Crippen molar-refractivity contribution in [3.63, 3.8) is 0 Å². The van der Waals surface area contributed by atoms with Crippen LogP contribution in [0, 0.1) is 37.9 Å². The molecule has 1 heterocycles. The van der Waals surface area contributed by atoms with E-state index in [0.717, 1.165) is 45.6 Å². The lowest BCUT2D eigenvalue weighted by Gasteiger charge is -2.40. The average Bonchev–Trinajstić information content (AvgIpc) is 2.89. The number of nitrogens with two attached hydrogens (primary N) is 1. The minimum absolute atomic E-state index is 0.0548. The first kappa shape index (κ1) is 25.3. The maximum atomic E-state index is 13.5. The lowest BCUT2D eigenvalue weighted by atomic mass is 9.73. The first-order valence-electron chi connectivity index (χ1n) is 12.8. The van der Waals surface area contributed by atoms with Crippen LogP contribution in [0.3, 0.4) is 0 Å². The lowest BCUT2D eigenvalue weighted by molar-refractivity contribution is -0.116. The highest BCUT2D eigenvalue weighted by Gasteiger charge is 2.41. The predicted molar refractivity (Wildman–Crippen MR) is 146 cm³/mol. The quantitative estimate of drug-likeness (QED) is 0.419. The van der Waals surface area contributed by atoms with E-state index in [-0.39, 0.29) is 18.2 Å². The zero-order valence-corrected chi connectivity index (χ0v) is 21.8. The van der Waals surface area contributed by atoms with Gasteiger partial charge in [-0.05, 0) is 92.3 Å². The van der Waals surface area contributed by atoms with Gasteiger partial charge in [-0.2, -0.15) is 5.26 Å². The maximum absolute atomic E-state index is 13.5. The number of ether oxygens (including phenoxy) is 1. The fourth-order valence-corrected chi connectivity index (χ4v) is 5.56. The Balaban J connectivity index is 1.63. The topological polar surface area (TPSA) is 79.3 Å². The summed E-state index contributed by atoms with van der Waals surface area (Å²) in [5.74, 6) is 0.113. The van der Waals surface area contributed by atoms with Crippen molar-refractivity contribution in [2.45, 2.75) is 52.6 Å². The maximum Gasteiger partial charge on any atom is 0.161 e. The highest BCUT2D eigenvalue weighted by atomic mass is 19.1. The number of hydrogen-bond donors (Lipinski definition) is 1. The molecule has 0 saturated carbocycles.